The second kappa shape index (κ2) is 7.26. The van der Waals surface area contributed by atoms with Crippen molar-refractivity contribution in [3.05, 3.63) is 35.4 Å². The number of amides is 2. The van der Waals surface area contributed by atoms with Crippen molar-refractivity contribution >= 4 is 6.03 Å². The van der Waals surface area contributed by atoms with Gasteiger partial charge in [-0.25, -0.2) is 4.79 Å². The summed E-state index contributed by atoms with van der Waals surface area (Å²) in [6.07, 6.45) is 0.911. The van der Waals surface area contributed by atoms with Gasteiger partial charge in [-0.05, 0) is 11.1 Å². The number of urea groups is 1. The molecule has 20 heavy (non-hydrogen) atoms. The third kappa shape index (κ3) is 3.95. The molecule has 2 amide bonds. The Balaban J connectivity index is 1.81. The highest BCUT2D eigenvalue weighted by Gasteiger charge is 2.21. The third-order valence-electron chi connectivity index (χ3n) is 3.45. The number of ether oxygens (including phenoxy) is 2. The average Bonchev–Trinajstić information content (AvgIpc) is 2.47. The fourth-order valence-electron chi connectivity index (χ4n) is 2.31. The molecule has 0 radical (unpaired) electrons. The van der Waals surface area contributed by atoms with E-state index in [9.17, 15) is 4.79 Å². The van der Waals surface area contributed by atoms with Crippen molar-refractivity contribution in [3.63, 3.8) is 0 Å². The van der Waals surface area contributed by atoms with Gasteiger partial charge >= 0.3 is 6.03 Å². The number of benzene rings is 1. The highest BCUT2D eigenvalue weighted by Crippen LogP contribution is 2.20. The topological polar surface area (TPSA) is 50.8 Å². The van der Waals surface area contributed by atoms with E-state index in [1.54, 1.807) is 19.1 Å². The summed E-state index contributed by atoms with van der Waals surface area (Å²) < 4.78 is 10.7. The van der Waals surface area contributed by atoms with Gasteiger partial charge in [-0.3, -0.25) is 0 Å². The predicted molar refractivity (Wildman–Crippen MR) is 76.6 cm³/mol. The van der Waals surface area contributed by atoms with E-state index in [1.807, 2.05) is 12.1 Å². The van der Waals surface area contributed by atoms with Crippen molar-refractivity contribution in [2.75, 3.05) is 33.9 Å². The largest absolute Gasteiger partial charge is 0.383 e. The summed E-state index contributed by atoms with van der Waals surface area (Å²) in [5.41, 5.74) is 2.56. The number of hydrogen-bond donors (Lipinski definition) is 1. The lowest BCUT2D eigenvalue weighted by Crippen LogP contribution is -2.44. The molecule has 1 aliphatic rings. The summed E-state index contributed by atoms with van der Waals surface area (Å²) in [5, 5.41) is 2.80. The van der Waals surface area contributed by atoms with Crippen LogP contribution in [0.5, 0.6) is 0 Å². The number of nitrogens with zero attached hydrogens (tertiary/aromatic N) is 1. The molecule has 0 aliphatic carbocycles. The minimum atomic E-state index is -0.0930. The zero-order chi connectivity index (χ0) is 14.4. The molecule has 1 aliphatic heterocycles. The minimum absolute atomic E-state index is 0.0584. The SMILES string of the molecule is COCCNC(=O)N(C)CC1Cc2ccccc2CO1. The molecule has 1 aromatic rings. The van der Waals surface area contributed by atoms with Crippen LogP contribution < -0.4 is 5.32 Å². The Bertz CT molecular complexity index is 450. The van der Waals surface area contributed by atoms with Crippen molar-refractivity contribution < 1.29 is 14.3 Å². The summed E-state index contributed by atoms with van der Waals surface area (Å²) in [6.45, 7) is 2.26. The maximum Gasteiger partial charge on any atom is 0.317 e. The normalized spacial score (nSPS) is 17.4. The fourth-order valence-corrected chi connectivity index (χ4v) is 2.31. The lowest BCUT2D eigenvalue weighted by atomic mass is 9.99. The van der Waals surface area contributed by atoms with Gasteiger partial charge in [-0.2, -0.15) is 0 Å². The van der Waals surface area contributed by atoms with Crippen molar-refractivity contribution in [2.24, 2.45) is 0 Å². The van der Waals surface area contributed by atoms with E-state index in [2.05, 4.69) is 17.4 Å². The molecular formula is C15H22N2O3. The van der Waals surface area contributed by atoms with Gasteiger partial charge in [0.1, 0.15) is 0 Å². The van der Waals surface area contributed by atoms with Gasteiger partial charge in [0.05, 0.1) is 19.3 Å². The average molecular weight is 278 g/mol. The number of rotatable bonds is 5. The van der Waals surface area contributed by atoms with E-state index in [4.69, 9.17) is 9.47 Å². The van der Waals surface area contributed by atoms with E-state index in [0.29, 0.717) is 26.3 Å². The number of hydrogen-bond acceptors (Lipinski definition) is 3. The quantitative estimate of drug-likeness (QED) is 0.829. The molecule has 0 bridgehead atoms. The molecule has 1 N–H and O–H groups in total. The first-order valence-corrected chi connectivity index (χ1v) is 6.87. The first-order valence-electron chi connectivity index (χ1n) is 6.87. The summed E-state index contributed by atoms with van der Waals surface area (Å²) in [7, 11) is 3.40. The van der Waals surface area contributed by atoms with E-state index in [1.165, 1.54) is 11.1 Å². The van der Waals surface area contributed by atoms with Crippen LogP contribution in [0.3, 0.4) is 0 Å². The molecule has 5 nitrogen and oxygen atoms in total. The monoisotopic (exact) mass is 278 g/mol. The van der Waals surface area contributed by atoms with Gasteiger partial charge in [-0.1, -0.05) is 24.3 Å². The van der Waals surface area contributed by atoms with Crippen LogP contribution in [0.2, 0.25) is 0 Å². The third-order valence-corrected chi connectivity index (χ3v) is 3.45. The van der Waals surface area contributed by atoms with Crippen LogP contribution in [-0.4, -0.2) is 50.9 Å². The number of carbonyl (C=O) groups excluding carboxylic acids is 1. The van der Waals surface area contributed by atoms with Crippen LogP contribution in [0.15, 0.2) is 24.3 Å². The van der Waals surface area contributed by atoms with Gasteiger partial charge in [0.2, 0.25) is 0 Å². The van der Waals surface area contributed by atoms with E-state index in [-0.39, 0.29) is 12.1 Å². The maximum absolute atomic E-state index is 11.8. The van der Waals surface area contributed by atoms with Crippen LogP contribution in [0.4, 0.5) is 4.79 Å². The Morgan fingerprint density at radius 1 is 1.45 bits per heavy atom. The van der Waals surface area contributed by atoms with Gasteiger partial charge < -0.3 is 19.7 Å². The van der Waals surface area contributed by atoms with E-state index < -0.39 is 0 Å². The zero-order valence-electron chi connectivity index (χ0n) is 12.1. The number of methoxy groups -OCH3 is 1. The maximum atomic E-state index is 11.8. The highest BCUT2D eigenvalue weighted by molar-refractivity contribution is 5.73. The van der Waals surface area contributed by atoms with E-state index >= 15 is 0 Å². The van der Waals surface area contributed by atoms with Crippen molar-refractivity contribution in [3.8, 4) is 0 Å². The fraction of sp³-hybridized carbons (Fsp3) is 0.533. The first-order chi connectivity index (χ1) is 9.70. The second-order valence-corrected chi connectivity index (χ2v) is 5.01. The molecule has 2 rings (SSSR count). The molecule has 0 fully saturated rings. The number of likely N-dealkylation sites (N-methyl/N-ethyl adjacent to an activating group) is 1. The van der Waals surface area contributed by atoms with Gasteiger partial charge in [0.15, 0.2) is 0 Å². The van der Waals surface area contributed by atoms with Gasteiger partial charge in [-0.15, -0.1) is 0 Å². The van der Waals surface area contributed by atoms with Crippen LogP contribution in [0.25, 0.3) is 0 Å². The second-order valence-electron chi connectivity index (χ2n) is 5.01. The lowest BCUT2D eigenvalue weighted by molar-refractivity contribution is 0.0150. The first kappa shape index (κ1) is 14.8. The van der Waals surface area contributed by atoms with Crippen LogP contribution in [-0.2, 0) is 22.5 Å². The molecule has 0 aromatic heterocycles. The Labute approximate surface area is 119 Å². The van der Waals surface area contributed by atoms with Crippen molar-refractivity contribution in [1.29, 1.82) is 0 Å². The van der Waals surface area contributed by atoms with Crippen LogP contribution in [0.1, 0.15) is 11.1 Å². The summed E-state index contributed by atoms with van der Waals surface area (Å²) in [5.74, 6) is 0. The van der Waals surface area contributed by atoms with Gasteiger partial charge in [0.25, 0.3) is 0 Å². The molecule has 1 atom stereocenters. The van der Waals surface area contributed by atoms with Crippen LogP contribution >= 0.6 is 0 Å². The number of carbonyl (C=O) groups is 1. The molecule has 5 heteroatoms. The van der Waals surface area contributed by atoms with Crippen molar-refractivity contribution in [1.82, 2.24) is 10.2 Å². The molecule has 1 heterocycles. The molecule has 0 spiro atoms. The molecule has 110 valence electrons. The Morgan fingerprint density at radius 2 is 2.20 bits per heavy atom. The summed E-state index contributed by atoms with van der Waals surface area (Å²) >= 11 is 0. The minimum Gasteiger partial charge on any atom is -0.383 e. The highest BCUT2D eigenvalue weighted by atomic mass is 16.5. The Hall–Kier alpha value is -1.59. The molecule has 1 aromatic carbocycles. The molecule has 0 saturated carbocycles. The number of fused-ring (bicyclic) bond motifs is 1. The summed E-state index contributed by atoms with van der Waals surface area (Å²) in [6, 6.07) is 8.20. The van der Waals surface area contributed by atoms with Crippen molar-refractivity contribution in [2.45, 2.75) is 19.1 Å². The molecule has 0 saturated heterocycles. The smallest absolute Gasteiger partial charge is 0.317 e. The Morgan fingerprint density at radius 3 is 2.95 bits per heavy atom. The van der Waals surface area contributed by atoms with Crippen LogP contribution in [0, 0.1) is 0 Å². The van der Waals surface area contributed by atoms with E-state index in [0.717, 1.165) is 6.42 Å². The zero-order valence-corrected chi connectivity index (χ0v) is 12.1. The number of nitrogens with one attached hydrogen (secondary N) is 1. The molecular weight excluding hydrogens is 256 g/mol. The lowest BCUT2D eigenvalue weighted by Gasteiger charge is -2.29. The molecule has 1 unspecified atom stereocenters. The predicted octanol–water partition coefficient (Wildman–Crippen LogP) is 1.42. The summed E-state index contributed by atoms with van der Waals surface area (Å²) in [4.78, 5) is 13.5. The Kier molecular flexibility index (Phi) is 5.38. The standard InChI is InChI=1S/C15H22N2O3/c1-17(15(18)16-7-8-19-2)10-14-9-12-5-3-4-6-13(12)11-20-14/h3-6,14H,7-11H2,1-2H3,(H,16,18). The van der Waals surface area contributed by atoms with Gasteiger partial charge in [0, 0.05) is 33.7 Å².